The summed E-state index contributed by atoms with van der Waals surface area (Å²) in [5, 5.41) is 7.59. The molecule has 0 saturated heterocycles. The highest BCUT2D eigenvalue weighted by Gasteiger charge is 2.13. The molecule has 26 heavy (non-hydrogen) atoms. The van der Waals surface area contributed by atoms with E-state index in [9.17, 15) is 13.2 Å². The molecule has 0 aliphatic carbocycles. The molecule has 9 nitrogen and oxygen atoms in total. The molecule has 2 heterocycles. The van der Waals surface area contributed by atoms with Gasteiger partial charge in [0.25, 0.3) is 5.91 Å². The van der Waals surface area contributed by atoms with Gasteiger partial charge in [0.15, 0.2) is 5.82 Å². The highest BCUT2D eigenvalue weighted by molar-refractivity contribution is 7.89. The Morgan fingerprint density at radius 3 is 2.38 bits per heavy atom. The lowest BCUT2D eigenvalue weighted by Crippen LogP contribution is -2.16. The van der Waals surface area contributed by atoms with Crippen molar-refractivity contribution in [2.45, 2.75) is 11.8 Å². The number of hydrogen-bond acceptors (Lipinski definition) is 7. The first-order valence-corrected chi connectivity index (χ1v) is 8.96. The number of primary sulfonamides is 1. The number of pyridine rings is 1. The first-order chi connectivity index (χ1) is 12.3. The number of hydrogen-bond donors (Lipinski definition) is 2. The molecule has 0 bridgehead atoms. The van der Waals surface area contributed by atoms with Gasteiger partial charge in [-0.1, -0.05) is 6.07 Å². The first-order valence-electron chi connectivity index (χ1n) is 7.41. The second-order valence-electron chi connectivity index (χ2n) is 5.27. The van der Waals surface area contributed by atoms with Gasteiger partial charge in [-0.15, -0.1) is 0 Å². The Labute approximate surface area is 149 Å². The zero-order valence-electron chi connectivity index (χ0n) is 13.6. The van der Waals surface area contributed by atoms with Gasteiger partial charge in [0, 0.05) is 11.8 Å². The predicted molar refractivity (Wildman–Crippen MR) is 93.6 cm³/mol. The lowest BCUT2D eigenvalue weighted by atomic mass is 10.2. The van der Waals surface area contributed by atoms with Crippen molar-refractivity contribution < 1.29 is 13.2 Å². The quantitative estimate of drug-likeness (QED) is 0.701. The lowest BCUT2D eigenvalue weighted by molar-refractivity contribution is 0.102. The number of benzene rings is 1. The van der Waals surface area contributed by atoms with Gasteiger partial charge in [0.2, 0.25) is 16.0 Å². The minimum atomic E-state index is -3.82. The Balaban J connectivity index is 1.84. The summed E-state index contributed by atoms with van der Waals surface area (Å²) in [6, 6.07) is 10.5. The summed E-state index contributed by atoms with van der Waals surface area (Å²) in [4.78, 5) is 28.9. The van der Waals surface area contributed by atoms with Crippen molar-refractivity contribution in [2.24, 2.45) is 5.14 Å². The zero-order chi connectivity index (χ0) is 18.7. The van der Waals surface area contributed by atoms with E-state index in [0.717, 1.165) is 0 Å². The normalized spacial score (nSPS) is 11.2. The fraction of sp³-hybridized carbons (Fsp3) is 0.0625. The van der Waals surface area contributed by atoms with Gasteiger partial charge < -0.3 is 0 Å². The third-order valence-electron chi connectivity index (χ3n) is 3.31. The molecule has 0 spiro atoms. The number of aryl methyl sites for hydroxylation is 1. The molecule has 3 N–H and O–H groups in total. The Morgan fingerprint density at radius 1 is 1.04 bits per heavy atom. The molecule has 1 aromatic carbocycles. The number of nitrogens with two attached hydrogens (primary N) is 1. The molecule has 0 aliphatic rings. The number of rotatable bonds is 4. The van der Waals surface area contributed by atoms with Gasteiger partial charge in [-0.2, -0.15) is 9.97 Å². The van der Waals surface area contributed by atoms with E-state index in [2.05, 4.69) is 25.3 Å². The maximum Gasteiger partial charge on any atom is 0.258 e. The maximum atomic E-state index is 12.3. The Morgan fingerprint density at radius 2 is 1.77 bits per heavy atom. The molecule has 0 fully saturated rings. The molecule has 0 aliphatic heterocycles. The number of amides is 1. The van der Waals surface area contributed by atoms with Crippen LogP contribution in [-0.4, -0.2) is 34.3 Å². The monoisotopic (exact) mass is 370 g/mol. The van der Waals surface area contributed by atoms with E-state index in [1.807, 2.05) is 0 Å². The van der Waals surface area contributed by atoms with E-state index in [0.29, 0.717) is 17.3 Å². The number of sulfonamides is 1. The van der Waals surface area contributed by atoms with Crippen LogP contribution in [-0.2, 0) is 10.0 Å². The van der Waals surface area contributed by atoms with E-state index >= 15 is 0 Å². The third-order valence-corrected chi connectivity index (χ3v) is 4.24. The van der Waals surface area contributed by atoms with Crippen LogP contribution in [0.4, 0.5) is 5.95 Å². The summed E-state index contributed by atoms with van der Waals surface area (Å²) in [6.45, 7) is 1.67. The van der Waals surface area contributed by atoms with Gasteiger partial charge in [0.05, 0.1) is 4.90 Å². The fourth-order valence-corrected chi connectivity index (χ4v) is 2.63. The summed E-state index contributed by atoms with van der Waals surface area (Å²) in [7, 11) is -3.82. The highest BCUT2D eigenvalue weighted by Crippen LogP contribution is 2.14. The maximum absolute atomic E-state index is 12.3. The fourth-order valence-electron chi connectivity index (χ4n) is 2.12. The van der Waals surface area contributed by atoms with Gasteiger partial charge in [0.1, 0.15) is 11.5 Å². The van der Waals surface area contributed by atoms with Crippen molar-refractivity contribution >= 4 is 21.9 Å². The average Bonchev–Trinajstić information content (AvgIpc) is 2.61. The van der Waals surface area contributed by atoms with Gasteiger partial charge in [-0.05, 0) is 43.3 Å². The Kier molecular flexibility index (Phi) is 4.69. The average molecular weight is 370 g/mol. The first kappa shape index (κ1) is 17.6. The lowest BCUT2D eigenvalue weighted by Gasteiger charge is -2.07. The van der Waals surface area contributed by atoms with E-state index < -0.39 is 15.9 Å². The van der Waals surface area contributed by atoms with E-state index in [4.69, 9.17) is 5.14 Å². The van der Waals surface area contributed by atoms with Crippen LogP contribution in [0.1, 0.15) is 16.2 Å². The molecule has 10 heteroatoms. The van der Waals surface area contributed by atoms with Crippen molar-refractivity contribution in [3.63, 3.8) is 0 Å². The van der Waals surface area contributed by atoms with Crippen molar-refractivity contribution in [1.82, 2.24) is 19.9 Å². The van der Waals surface area contributed by atoms with Crippen molar-refractivity contribution in [1.29, 1.82) is 0 Å². The zero-order valence-corrected chi connectivity index (χ0v) is 14.4. The Hall–Kier alpha value is -3.24. The van der Waals surface area contributed by atoms with Crippen molar-refractivity contribution in [2.75, 3.05) is 5.32 Å². The SMILES string of the molecule is Cc1nc(NC(=O)c2ccc(S(N)(=O)=O)cc2)nc(-c2ccccn2)n1. The molecule has 0 radical (unpaired) electrons. The summed E-state index contributed by atoms with van der Waals surface area (Å²) < 4.78 is 22.5. The van der Waals surface area contributed by atoms with Crippen LogP contribution in [0.3, 0.4) is 0 Å². The second kappa shape index (κ2) is 6.94. The van der Waals surface area contributed by atoms with Crippen LogP contribution in [0.2, 0.25) is 0 Å². The van der Waals surface area contributed by atoms with Gasteiger partial charge >= 0.3 is 0 Å². The van der Waals surface area contributed by atoms with Gasteiger partial charge in [-0.25, -0.2) is 18.5 Å². The van der Waals surface area contributed by atoms with Crippen LogP contribution in [0.15, 0.2) is 53.6 Å². The number of anilines is 1. The smallest absolute Gasteiger partial charge is 0.258 e. The minimum Gasteiger partial charge on any atom is -0.290 e. The molecule has 1 amide bonds. The number of aromatic nitrogens is 4. The number of nitrogens with zero attached hydrogens (tertiary/aromatic N) is 4. The molecule has 132 valence electrons. The third kappa shape index (κ3) is 4.05. The van der Waals surface area contributed by atoms with E-state index in [1.54, 1.807) is 31.3 Å². The van der Waals surface area contributed by atoms with Crippen LogP contribution in [0, 0.1) is 6.92 Å². The van der Waals surface area contributed by atoms with E-state index in [1.165, 1.54) is 24.3 Å². The standard InChI is InChI=1S/C16H14N6O3S/c1-10-19-14(13-4-2-3-9-18-13)21-16(20-10)22-15(23)11-5-7-12(8-6-11)26(17,24)25/h2-9H,1H3,(H2,17,24,25)(H,19,20,21,22,23). The van der Waals surface area contributed by atoms with Crippen molar-refractivity contribution in [3.05, 3.63) is 60.0 Å². The second-order valence-corrected chi connectivity index (χ2v) is 6.83. The highest BCUT2D eigenvalue weighted by atomic mass is 32.2. The molecular weight excluding hydrogens is 356 g/mol. The molecule has 0 unspecified atom stereocenters. The molecule has 2 aromatic heterocycles. The summed E-state index contributed by atoms with van der Waals surface area (Å²) in [5.74, 6) is 0.320. The van der Waals surface area contributed by atoms with E-state index in [-0.39, 0.29) is 16.4 Å². The molecular formula is C16H14N6O3S. The van der Waals surface area contributed by atoms with Crippen LogP contribution < -0.4 is 10.5 Å². The predicted octanol–water partition coefficient (Wildman–Crippen LogP) is 1.14. The summed E-state index contributed by atoms with van der Waals surface area (Å²) in [5.41, 5.74) is 0.779. The largest absolute Gasteiger partial charge is 0.290 e. The van der Waals surface area contributed by atoms with Crippen LogP contribution in [0.25, 0.3) is 11.5 Å². The molecule has 3 aromatic rings. The molecule has 3 rings (SSSR count). The molecule has 0 saturated carbocycles. The number of carbonyl (C=O) groups excluding carboxylic acids is 1. The van der Waals surface area contributed by atoms with Crippen LogP contribution >= 0.6 is 0 Å². The minimum absolute atomic E-state index is 0.0682. The van der Waals surface area contributed by atoms with Gasteiger partial charge in [-0.3, -0.25) is 15.1 Å². The summed E-state index contributed by atoms with van der Waals surface area (Å²) in [6.07, 6.45) is 1.61. The number of carbonyl (C=O) groups is 1. The number of nitrogens with one attached hydrogen (secondary N) is 1. The van der Waals surface area contributed by atoms with Crippen LogP contribution in [0.5, 0.6) is 0 Å². The van der Waals surface area contributed by atoms with Crippen molar-refractivity contribution in [3.8, 4) is 11.5 Å². The molecule has 0 atom stereocenters. The summed E-state index contributed by atoms with van der Waals surface area (Å²) >= 11 is 0. The Bertz CT molecular complexity index is 1050. The topological polar surface area (TPSA) is 141 Å².